The van der Waals surface area contributed by atoms with Crippen LogP contribution < -0.4 is 11.2 Å². The minimum Gasteiger partial charge on any atom is -0.346 e. The van der Waals surface area contributed by atoms with Crippen molar-refractivity contribution >= 4 is 8.53 Å². The summed E-state index contributed by atoms with van der Waals surface area (Å²) in [6.07, 6.45) is 17.8. The molecule has 1 aromatic heterocycles. The van der Waals surface area contributed by atoms with Crippen LogP contribution in [0.25, 0.3) is 0 Å². The molecule has 2 aliphatic heterocycles. The number of ether oxygens (including phenoxy) is 3. The van der Waals surface area contributed by atoms with Gasteiger partial charge in [0.1, 0.15) is 18.3 Å². The number of aryl methyl sites for hydroxylation is 1. The van der Waals surface area contributed by atoms with Crippen molar-refractivity contribution in [2.45, 2.75) is 200 Å². The first-order chi connectivity index (χ1) is 24.1. The molecule has 12 heteroatoms. The van der Waals surface area contributed by atoms with E-state index in [1.807, 2.05) is 0 Å². The van der Waals surface area contributed by atoms with Crippen molar-refractivity contribution < 1.29 is 23.3 Å². The molecule has 3 heterocycles. The Morgan fingerprint density at radius 2 is 1.42 bits per heavy atom. The average molecular weight is 723 g/mol. The summed E-state index contributed by atoms with van der Waals surface area (Å²) in [6, 6.07) is 2.46. The van der Waals surface area contributed by atoms with E-state index in [2.05, 4.69) is 57.3 Å². The molecule has 11 nitrogen and oxygen atoms in total. The zero-order chi connectivity index (χ0) is 36.5. The highest BCUT2D eigenvalue weighted by Crippen LogP contribution is 2.50. The molecule has 0 bridgehead atoms. The fourth-order valence-corrected chi connectivity index (χ4v) is 8.76. The standard InChI is InChI=1S/C38H67N4O7P/c1-8-10-12-14-16-18-20-23-38(24-21-19-17-15-13-11-9-2)48-33-32(28-46-50(45-26-22-25-39)42(29(3)4)30(5)6)47-36(34(33)49-38)41-27-31(7)35(43)40-37(41)44/h27,29-30,32-34,36H,8-24,26,28H2,1-7H3,(H,40,43,44)/t32-,33-,34-,36-,50?/m1/s1. The second kappa shape index (κ2) is 22.4. The maximum Gasteiger partial charge on any atom is 0.330 e. The molecule has 1 N–H and O–H groups in total. The second-order valence-corrected chi connectivity index (χ2v) is 16.2. The number of nitrogens with zero attached hydrogens (tertiary/aromatic N) is 3. The lowest BCUT2D eigenvalue weighted by molar-refractivity contribution is -0.227. The quantitative estimate of drug-likeness (QED) is 0.0737. The third-order valence-electron chi connectivity index (χ3n) is 9.74. The Morgan fingerprint density at radius 1 is 0.880 bits per heavy atom. The van der Waals surface area contributed by atoms with Crippen LogP contribution in [0.4, 0.5) is 0 Å². The number of rotatable bonds is 26. The van der Waals surface area contributed by atoms with Gasteiger partial charge in [0.2, 0.25) is 0 Å². The van der Waals surface area contributed by atoms with Crippen molar-refractivity contribution in [2.75, 3.05) is 13.2 Å². The van der Waals surface area contributed by atoms with Gasteiger partial charge in [-0.1, -0.05) is 90.9 Å². The molecule has 0 aliphatic carbocycles. The molecule has 2 aliphatic rings. The van der Waals surface area contributed by atoms with Gasteiger partial charge in [0.25, 0.3) is 14.1 Å². The average Bonchev–Trinajstić information content (AvgIpc) is 3.60. The first-order valence-electron chi connectivity index (χ1n) is 19.6. The third-order valence-corrected chi connectivity index (χ3v) is 11.8. The van der Waals surface area contributed by atoms with Gasteiger partial charge in [0.15, 0.2) is 12.0 Å². The first kappa shape index (κ1) is 42.8. The molecular weight excluding hydrogens is 655 g/mol. The van der Waals surface area contributed by atoms with Crippen molar-refractivity contribution in [1.82, 2.24) is 14.2 Å². The minimum absolute atomic E-state index is 0.151. The number of nitriles is 1. The molecule has 0 radical (unpaired) electrons. The highest BCUT2D eigenvalue weighted by molar-refractivity contribution is 7.44. The van der Waals surface area contributed by atoms with Gasteiger partial charge >= 0.3 is 5.69 Å². The predicted octanol–water partition coefficient (Wildman–Crippen LogP) is 8.80. The largest absolute Gasteiger partial charge is 0.346 e. The summed E-state index contributed by atoms with van der Waals surface area (Å²) in [5.74, 6) is -0.779. The summed E-state index contributed by atoms with van der Waals surface area (Å²) >= 11 is 0. The zero-order valence-corrected chi connectivity index (χ0v) is 33.0. The van der Waals surface area contributed by atoms with E-state index in [9.17, 15) is 9.59 Å². The van der Waals surface area contributed by atoms with Crippen LogP contribution in [0.3, 0.4) is 0 Å². The Hall–Kier alpha value is -1.64. The van der Waals surface area contributed by atoms with Gasteiger partial charge in [-0.3, -0.25) is 14.3 Å². The third kappa shape index (κ3) is 12.8. The molecule has 0 aromatic carbocycles. The molecule has 5 atom stereocenters. The van der Waals surface area contributed by atoms with Gasteiger partial charge in [0.05, 0.1) is 25.7 Å². The number of unbranched alkanes of at least 4 members (excludes halogenated alkanes) is 12. The summed E-state index contributed by atoms with van der Waals surface area (Å²) < 4.78 is 36.9. The maximum atomic E-state index is 13.2. The van der Waals surface area contributed by atoms with Crippen LogP contribution in [0.1, 0.15) is 162 Å². The van der Waals surface area contributed by atoms with E-state index in [1.165, 1.54) is 68.8 Å². The Balaban J connectivity index is 1.86. The molecule has 286 valence electrons. The highest BCUT2D eigenvalue weighted by atomic mass is 31.2. The Morgan fingerprint density at radius 3 is 1.96 bits per heavy atom. The number of nitrogens with one attached hydrogen (secondary N) is 1. The van der Waals surface area contributed by atoms with Crippen LogP contribution in [0.2, 0.25) is 0 Å². The SMILES string of the molecule is CCCCCCCCCC1(CCCCCCCCC)O[C@@H]2[C@H](O1)[C@@H](COP(OCCC#N)N(C(C)C)C(C)C)O[C@H]2n1cc(C)c(=O)[nH]c1=O. The molecule has 2 saturated heterocycles. The Bertz CT molecular complexity index is 1240. The van der Waals surface area contributed by atoms with E-state index in [4.69, 9.17) is 28.5 Å². The molecule has 2 fully saturated rings. The van der Waals surface area contributed by atoms with Gasteiger partial charge in [0, 0.05) is 36.7 Å². The molecule has 50 heavy (non-hydrogen) atoms. The van der Waals surface area contributed by atoms with E-state index >= 15 is 0 Å². The van der Waals surface area contributed by atoms with Gasteiger partial charge in [-0.2, -0.15) is 5.26 Å². The van der Waals surface area contributed by atoms with Crippen molar-refractivity contribution in [1.29, 1.82) is 5.26 Å². The van der Waals surface area contributed by atoms with Crippen LogP contribution >= 0.6 is 8.53 Å². The first-order valence-corrected chi connectivity index (χ1v) is 20.7. The van der Waals surface area contributed by atoms with Crippen molar-refractivity contribution in [3.05, 3.63) is 32.6 Å². The van der Waals surface area contributed by atoms with Gasteiger partial charge in [-0.15, -0.1) is 0 Å². The second-order valence-electron chi connectivity index (χ2n) is 14.7. The van der Waals surface area contributed by atoms with E-state index in [1.54, 1.807) is 13.1 Å². The van der Waals surface area contributed by atoms with E-state index < -0.39 is 50.1 Å². The molecule has 0 spiro atoms. The summed E-state index contributed by atoms with van der Waals surface area (Å²) in [6.45, 7) is 15.0. The maximum absolute atomic E-state index is 13.2. The number of H-pyrrole nitrogens is 1. The summed E-state index contributed by atoms with van der Waals surface area (Å²) in [7, 11) is -1.50. The van der Waals surface area contributed by atoms with E-state index in [-0.39, 0.29) is 31.7 Å². The molecular formula is C38H67N4O7P. The number of hydrogen-bond acceptors (Lipinski definition) is 9. The van der Waals surface area contributed by atoms with E-state index in [0.29, 0.717) is 5.56 Å². The van der Waals surface area contributed by atoms with E-state index in [0.717, 1.165) is 38.5 Å². The van der Waals surface area contributed by atoms with Crippen LogP contribution in [-0.4, -0.2) is 63.6 Å². The molecule has 0 amide bonds. The van der Waals surface area contributed by atoms with Crippen LogP contribution in [-0.2, 0) is 23.3 Å². The highest BCUT2D eigenvalue weighted by Gasteiger charge is 2.58. The van der Waals surface area contributed by atoms with Crippen LogP contribution in [0.15, 0.2) is 15.8 Å². The molecule has 1 unspecified atom stereocenters. The summed E-state index contributed by atoms with van der Waals surface area (Å²) in [5.41, 5.74) is -0.544. The van der Waals surface area contributed by atoms with Gasteiger partial charge < -0.3 is 23.3 Å². The van der Waals surface area contributed by atoms with Crippen LogP contribution in [0.5, 0.6) is 0 Å². The number of hydrogen-bond donors (Lipinski definition) is 1. The zero-order valence-electron chi connectivity index (χ0n) is 32.1. The minimum atomic E-state index is -1.50. The lowest BCUT2D eigenvalue weighted by atomic mass is 9.98. The fraction of sp³-hybridized carbons (Fsp3) is 0.868. The molecule has 0 saturated carbocycles. The normalized spacial score (nSPS) is 22.1. The number of fused-ring (bicyclic) bond motifs is 1. The Labute approximate surface area is 302 Å². The predicted molar refractivity (Wildman–Crippen MR) is 199 cm³/mol. The topological polar surface area (TPSA) is 128 Å². The number of aromatic nitrogens is 2. The summed E-state index contributed by atoms with van der Waals surface area (Å²) in [5, 5.41) is 9.16. The summed E-state index contributed by atoms with van der Waals surface area (Å²) in [4.78, 5) is 27.9. The van der Waals surface area contributed by atoms with Gasteiger partial charge in [-0.25, -0.2) is 9.46 Å². The van der Waals surface area contributed by atoms with Crippen LogP contribution in [0, 0.1) is 18.3 Å². The molecule has 1 aromatic rings. The lowest BCUT2D eigenvalue weighted by Gasteiger charge is -2.36. The number of aromatic amines is 1. The molecule has 3 rings (SSSR count). The van der Waals surface area contributed by atoms with Crippen molar-refractivity contribution in [3.8, 4) is 6.07 Å². The fourth-order valence-electron chi connectivity index (χ4n) is 7.15. The van der Waals surface area contributed by atoms with Crippen molar-refractivity contribution in [3.63, 3.8) is 0 Å². The van der Waals surface area contributed by atoms with Crippen molar-refractivity contribution in [2.24, 2.45) is 0 Å². The lowest BCUT2D eigenvalue weighted by Crippen LogP contribution is -2.39. The smallest absolute Gasteiger partial charge is 0.330 e. The monoisotopic (exact) mass is 722 g/mol. The van der Waals surface area contributed by atoms with Gasteiger partial charge in [-0.05, 0) is 47.5 Å². The Kier molecular flexibility index (Phi) is 19.2.